The van der Waals surface area contributed by atoms with Gasteiger partial charge in [0.05, 0.1) is 6.61 Å². The molecule has 0 spiro atoms. The van der Waals surface area contributed by atoms with Crippen LogP contribution in [0.15, 0.2) is 5.16 Å². The van der Waals surface area contributed by atoms with Crippen molar-refractivity contribution in [3.8, 4) is 0 Å². The normalized spacial score (nSPS) is 30.2. The number of ether oxygens (including phenoxy) is 1. The Morgan fingerprint density at radius 2 is 1.82 bits per heavy atom. The second-order valence-electron chi connectivity index (χ2n) is 6.22. The third-order valence-electron chi connectivity index (χ3n) is 3.90. The van der Waals surface area contributed by atoms with Crippen LogP contribution in [0.3, 0.4) is 0 Å². The van der Waals surface area contributed by atoms with E-state index in [4.69, 9.17) is 4.74 Å². The van der Waals surface area contributed by atoms with Gasteiger partial charge in [-0.3, -0.25) is 8.49 Å². The fraction of sp³-hybridized carbons (Fsp3) is 0.929. The van der Waals surface area contributed by atoms with E-state index in [0.29, 0.717) is 12.2 Å². The summed E-state index contributed by atoms with van der Waals surface area (Å²) < 4.78 is 52.2. The fourth-order valence-electron chi connectivity index (χ4n) is 2.45. The van der Waals surface area contributed by atoms with Crippen molar-refractivity contribution in [3.05, 3.63) is 0 Å². The van der Waals surface area contributed by atoms with Gasteiger partial charge >= 0.3 is 0 Å². The molecule has 1 aliphatic heterocycles. The maximum atomic E-state index is 11.0. The molecule has 1 aliphatic rings. The molecule has 0 bridgehead atoms. The van der Waals surface area contributed by atoms with Crippen LogP contribution >= 0.6 is 11.8 Å². The highest BCUT2D eigenvalue weighted by Gasteiger charge is 2.44. The van der Waals surface area contributed by atoms with Gasteiger partial charge in [0.1, 0.15) is 34.9 Å². The summed E-state index contributed by atoms with van der Waals surface area (Å²) in [4.78, 5) is 0. The van der Waals surface area contributed by atoms with E-state index >= 15 is 0 Å². The topological polar surface area (TPSA) is 186 Å². The molecule has 14 heteroatoms. The lowest BCUT2D eigenvalue weighted by atomic mass is 10.0. The Kier molecular flexibility index (Phi) is 11.4. The molecule has 0 saturated carbocycles. The first-order chi connectivity index (χ1) is 13.0. The molecule has 1 fully saturated rings. The highest BCUT2D eigenvalue weighted by atomic mass is 32.3. The SMILES string of the molecule is CS(=O)CCCCCC/C(=N/OS(=O)(=O)[O-])SC1OC(CO)C(O)C(O)C1O. The van der Waals surface area contributed by atoms with E-state index in [1.807, 2.05) is 0 Å². The Morgan fingerprint density at radius 3 is 2.39 bits per heavy atom. The van der Waals surface area contributed by atoms with Crippen molar-refractivity contribution in [1.29, 1.82) is 0 Å². The average Bonchev–Trinajstić information content (AvgIpc) is 2.61. The third-order valence-corrected chi connectivity index (χ3v) is 6.20. The number of aliphatic hydroxyl groups excluding tert-OH is 4. The Morgan fingerprint density at radius 1 is 1.18 bits per heavy atom. The molecule has 0 aromatic heterocycles. The monoisotopic (exact) mass is 464 g/mol. The second kappa shape index (κ2) is 12.4. The zero-order valence-electron chi connectivity index (χ0n) is 15.2. The van der Waals surface area contributed by atoms with E-state index in [0.717, 1.165) is 31.0 Å². The quantitative estimate of drug-likeness (QED) is 0.0706. The molecule has 1 rings (SSSR count). The zero-order chi connectivity index (χ0) is 21.3. The van der Waals surface area contributed by atoms with Crippen LogP contribution in [0.25, 0.3) is 0 Å². The minimum atomic E-state index is -5.07. The summed E-state index contributed by atoms with van der Waals surface area (Å²) in [6, 6.07) is 0. The number of hydrogen-bond donors (Lipinski definition) is 4. The molecule has 1 heterocycles. The molecule has 0 aliphatic carbocycles. The average molecular weight is 465 g/mol. The molecular formula is C14H26NO10S3-. The number of rotatable bonds is 11. The lowest BCUT2D eigenvalue weighted by Gasteiger charge is -2.39. The van der Waals surface area contributed by atoms with Gasteiger partial charge in [0, 0.05) is 22.8 Å². The minimum Gasteiger partial charge on any atom is -0.714 e. The summed E-state index contributed by atoms with van der Waals surface area (Å²) in [5.41, 5.74) is -1.17. The Bertz CT molecular complexity index is 627. The van der Waals surface area contributed by atoms with E-state index < -0.39 is 57.7 Å². The van der Waals surface area contributed by atoms with Crippen molar-refractivity contribution >= 4 is 38.0 Å². The van der Waals surface area contributed by atoms with Gasteiger partial charge in [0.2, 0.25) is 0 Å². The molecule has 166 valence electrons. The van der Waals surface area contributed by atoms with Gasteiger partial charge < -0.3 is 29.7 Å². The molecule has 28 heavy (non-hydrogen) atoms. The van der Waals surface area contributed by atoms with Gasteiger partial charge in [-0.15, -0.1) is 0 Å². The number of oxime groups is 1. The van der Waals surface area contributed by atoms with E-state index in [2.05, 4.69) is 9.44 Å². The van der Waals surface area contributed by atoms with Gasteiger partial charge in [-0.05, 0) is 19.3 Å². The zero-order valence-corrected chi connectivity index (χ0v) is 17.7. The predicted octanol–water partition coefficient (Wildman–Crippen LogP) is -1.36. The first-order valence-corrected chi connectivity index (χ1v) is 12.5. The summed E-state index contributed by atoms with van der Waals surface area (Å²) in [6.45, 7) is -0.612. The number of aliphatic hydroxyl groups is 4. The van der Waals surface area contributed by atoms with Crippen molar-refractivity contribution in [3.63, 3.8) is 0 Å². The smallest absolute Gasteiger partial charge is 0.284 e. The Labute approximate surface area is 170 Å². The summed E-state index contributed by atoms with van der Waals surface area (Å²) in [5.74, 6) is 0.581. The summed E-state index contributed by atoms with van der Waals surface area (Å²) in [7, 11) is -5.95. The molecule has 11 nitrogen and oxygen atoms in total. The molecule has 6 atom stereocenters. The van der Waals surface area contributed by atoms with Crippen molar-refractivity contribution in [2.45, 2.75) is 62.0 Å². The van der Waals surface area contributed by atoms with Gasteiger partial charge in [-0.1, -0.05) is 29.8 Å². The second-order valence-corrected chi connectivity index (χ2v) is 9.92. The van der Waals surface area contributed by atoms with Crippen LogP contribution in [0.2, 0.25) is 0 Å². The lowest BCUT2D eigenvalue weighted by Crippen LogP contribution is -2.57. The van der Waals surface area contributed by atoms with Gasteiger partial charge in [0.15, 0.2) is 0 Å². The largest absolute Gasteiger partial charge is 0.714 e. The molecule has 0 radical (unpaired) electrons. The first kappa shape index (κ1) is 25.7. The van der Waals surface area contributed by atoms with Gasteiger partial charge in [0.25, 0.3) is 10.4 Å². The van der Waals surface area contributed by atoms with Crippen molar-refractivity contribution < 1.29 is 46.6 Å². The third kappa shape index (κ3) is 9.45. The fourth-order valence-corrected chi connectivity index (χ4v) is 4.40. The standard InChI is InChI=1S/C14H27NO10S3/c1-27(20)7-5-3-2-4-6-10(15-25-28(21,22)23)26-14-13(19)12(18)11(17)9(8-16)24-14/h9,11-14,16-19H,2-8H2,1H3,(H,21,22,23)/p-1/b15-10-. The number of unbranched alkanes of at least 4 members (excludes halogenated alkanes) is 3. The molecule has 0 aromatic carbocycles. The molecule has 6 unspecified atom stereocenters. The van der Waals surface area contributed by atoms with E-state index in [-0.39, 0.29) is 11.5 Å². The van der Waals surface area contributed by atoms with Crippen LogP contribution < -0.4 is 0 Å². The number of hydrogen-bond acceptors (Lipinski definition) is 12. The van der Waals surface area contributed by atoms with Crippen LogP contribution in [0.4, 0.5) is 0 Å². The molecule has 4 N–H and O–H groups in total. The lowest BCUT2D eigenvalue weighted by molar-refractivity contribution is -0.205. The number of nitrogens with zero attached hydrogens (tertiary/aromatic N) is 1. The van der Waals surface area contributed by atoms with Crippen molar-refractivity contribution in [2.75, 3.05) is 18.6 Å². The highest BCUT2D eigenvalue weighted by molar-refractivity contribution is 8.14. The van der Waals surface area contributed by atoms with Gasteiger partial charge in [-0.25, -0.2) is 0 Å². The molecule has 1 saturated heterocycles. The van der Waals surface area contributed by atoms with Crippen molar-refractivity contribution in [2.24, 2.45) is 5.16 Å². The van der Waals surface area contributed by atoms with Crippen LogP contribution in [-0.4, -0.2) is 91.1 Å². The first-order valence-electron chi connectivity index (χ1n) is 8.53. The maximum absolute atomic E-state index is 11.0. The van der Waals surface area contributed by atoms with Crippen LogP contribution in [0.1, 0.15) is 32.1 Å². The van der Waals surface area contributed by atoms with Crippen molar-refractivity contribution in [1.82, 2.24) is 0 Å². The van der Waals surface area contributed by atoms with Crippen LogP contribution in [0.5, 0.6) is 0 Å². The van der Waals surface area contributed by atoms with Crippen LogP contribution in [0, 0.1) is 0 Å². The van der Waals surface area contributed by atoms with Crippen LogP contribution in [-0.2, 0) is 30.2 Å². The van der Waals surface area contributed by atoms with E-state index in [1.54, 1.807) is 6.26 Å². The van der Waals surface area contributed by atoms with E-state index in [1.165, 1.54) is 0 Å². The summed E-state index contributed by atoms with van der Waals surface area (Å²) in [5, 5.41) is 42.2. The molecule has 0 amide bonds. The highest BCUT2D eigenvalue weighted by Crippen LogP contribution is 2.30. The predicted molar refractivity (Wildman–Crippen MR) is 102 cm³/mol. The molecule has 0 aromatic rings. The summed E-state index contributed by atoms with van der Waals surface area (Å²) in [6.07, 6.45) is -1.17. The number of thioether (sulfide) groups is 1. The minimum absolute atomic E-state index is 0.0304. The van der Waals surface area contributed by atoms with E-state index in [9.17, 15) is 37.6 Å². The Hall–Kier alpha value is -0.320. The molecular weight excluding hydrogens is 438 g/mol. The summed E-state index contributed by atoms with van der Waals surface area (Å²) >= 11 is 0.727. The van der Waals surface area contributed by atoms with Gasteiger partial charge in [-0.2, -0.15) is 8.42 Å². The Balaban J connectivity index is 2.70. The maximum Gasteiger partial charge on any atom is 0.284 e.